The molecule has 22 heavy (non-hydrogen) atoms. The molecular weight excluding hydrogens is 286 g/mol. The van der Waals surface area contributed by atoms with Gasteiger partial charge in [0.25, 0.3) is 5.69 Å². The number of nitrogens with one attached hydrogen (secondary N) is 1. The number of ether oxygens (including phenoxy) is 2. The van der Waals surface area contributed by atoms with Gasteiger partial charge in [-0.1, -0.05) is 12.1 Å². The minimum Gasteiger partial charge on any atom is -0.493 e. The molecule has 1 aromatic heterocycles. The van der Waals surface area contributed by atoms with Crippen molar-refractivity contribution < 1.29 is 14.4 Å². The summed E-state index contributed by atoms with van der Waals surface area (Å²) < 4.78 is 11.0. The summed E-state index contributed by atoms with van der Waals surface area (Å²) in [5.74, 6) is 1.89. The van der Waals surface area contributed by atoms with Crippen LogP contribution < -0.4 is 14.8 Å². The Kier molecular flexibility index (Phi) is 5.13. The van der Waals surface area contributed by atoms with Crippen LogP contribution in [0.1, 0.15) is 6.92 Å². The zero-order chi connectivity index (χ0) is 15.9. The minimum atomic E-state index is -0.482. The number of hydrogen-bond donors (Lipinski definition) is 1. The Morgan fingerprint density at radius 2 is 2.00 bits per heavy atom. The predicted molar refractivity (Wildman–Crippen MR) is 82.5 cm³/mol. The molecule has 1 heterocycles. The largest absolute Gasteiger partial charge is 0.493 e. The van der Waals surface area contributed by atoms with Crippen LogP contribution in [0.3, 0.4) is 0 Å². The summed E-state index contributed by atoms with van der Waals surface area (Å²) in [4.78, 5) is 14.1. The van der Waals surface area contributed by atoms with Crippen LogP contribution in [0.4, 0.5) is 11.5 Å². The second-order valence-electron chi connectivity index (χ2n) is 4.62. The molecule has 0 saturated carbocycles. The summed E-state index contributed by atoms with van der Waals surface area (Å²) >= 11 is 0. The van der Waals surface area contributed by atoms with Crippen LogP contribution in [0, 0.1) is 10.1 Å². The fourth-order valence-corrected chi connectivity index (χ4v) is 1.82. The molecule has 0 aliphatic carbocycles. The van der Waals surface area contributed by atoms with Crippen LogP contribution in [0.15, 0.2) is 42.6 Å². The first kappa shape index (κ1) is 15.6. The smallest absolute Gasteiger partial charge is 0.287 e. The third-order valence-electron chi connectivity index (χ3n) is 2.93. The SMILES string of the molecule is COc1ccccc1OC(C)CNc1ccc([N+](=O)[O-])cn1. The van der Waals surface area contributed by atoms with Crippen LogP contribution >= 0.6 is 0 Å². The van der Waals surface area contributed by atoms with Gasteiger partial charge in [-0.3, -0.25) is 10.1 Å². The van der Waals surface area contributed by atoms with E-state index in [-0.39, 0.29) is 11.8 Å². The van der Waals surface area contributed by atoms with Crippen molar-refractivity contribution >= 4 is 11.5 Å². The van der Waals surface area contributed by atoms with E-state index in [9.17, 15) is 10.1 Å². The highest BCUT2D eigenvalue weighted by molar-refractivity contribution is 5.41. The van der Waals surface area contributed by atoms with Crippen molar-refractivity contribution in [2.45, 2.75) is 13.0 Å². The molecule has 0 aliphatic rings. The number of para-hydroxylation sites is 2. The first-order chi connectivity index (χ1) is 10.6. The standard InChI is InChI=1S/C15H17N3O4/c1-11(22-14-6-4-3-5-13(14)21-2)9-16-15-8-7-12(10-17-15)18(19)20/h3-8,10-11H,9H2,1-2H3,(H,16,17). The topological polar surface area (TPSA) is 86.5 Å². The van der Waals surface area contributed by atoms with Gasteiger partial charge < -0.3 is 14.8 Å². The summed E-state index contributed by atoms with van der Waals surface area (Å²) in [6, 6.07) is 10.4. The Labute approximate surface area is 128 Å². The number of pyridine rings is 1. The van der Waals surface area contributed by atoms with Gasteiger partial charge in [-0.25, -0.2) is 4.98 Å². The Balaban J connectivity index is 1.89. The molecule has 2 aromatic rings. The third-order valence-corrected chi connectivity index (χ3v) is 2.93. The van der Waals surface area contributed by atoms with E-state index in [1.54, 1.807) is 13.2 Å². The average molecular weight is 303 g/mol. The highest BCUT2D eigenvalue weighted by Gasteiger charge is 2.09. The van der Waals surface area contributed by atoms with Crippen molar-refractivity contribution in [1.82, 2.24) is 4.98 Å². The Bertz CT molecular complexity index is 631. The molecule has 0 aliphatic heterocycles. The highest BCUT2D eigenvalue weighted by atomic mass is 16.6. The molecule has 0 fully saturated rings. The van der Waals surface area contributed by atoms with Gasteiger partial charge in [-0.2, -0.15) is 0 Å². The first-order valence-electron chi connectivity index (χ1n) is 6.74. The van der Waals surface area contributed by atoms with E-state index < -0.39 is 4.92 Å². The second kappa shape index (κ2) is 7.26. The molecule has 1 unspecified atom stereocenters. The fourth-order valence-electron chi connectivity index (χ4n) is 1.82. The summed E-state index contributed by atoms with van der Waals surface area (Å²) in [6.07, 6.45) is 1.09. The van der Waals surface area contributed by atoms with Crippen molar-refractivity contribution in [1.29, 1.82) is 0 Å². The van der Waals surface area contributed by atoms with Crippen molar-refractivity contribution in [2.24, 2.45) is 0 Å². The number of methoxy groups -OCH3 is 1. The number of aromatic nitrogens is 1. The number of rotatable bonds is 7. The predicted octanol–water partition coefficient (Wildman–Crippen LogP) is 2.88. The van der Waals surface area contributed by atoms with Gasteiger partial charge in [0.05, 0.1) is 18.6 Å². The summed E-state index contributed by atoms with van der Waals surface area (Å²) in [6.45, 7) is 2.41. The average Bonchev–Trinajstić information content (AvgIpc) is 2.54. The van der Waals surface area contributed by atoms with Gasteiger partial charge in [-0.05, 0) is 25.1 Å². The van der Waals surface area contributed by atoms with E-state index in [4.69, 9.17) is 9.47 Å². The van der Waals surface area contributed by atoms with Crippen molar-refractivity contribution in [3.8, 4) is 11.5 Å². The van der Waals surface area contributed by atoms with Gasteiger partial charge in [0, 0.05) is 6.07 Å². The quantitative estimate of drug-likeness (QED) is 0.625. The highest BCUT2D eigenvalue weighted by Crippen LogP contribution is 2.26. The lowest BCUT2D eigenvalue weighted by atomic mass is 10.3. The molecule has 7 nitrogen and oxygen atoms in total. The molecule has 0 saturated heterocycles. The van der Waals surface area contributed by atoms with Crippen LogP contribution in [-0.4, -0.2) is 29.7 Å². The molecule has 1 N–H and O–H groups in total. The number of benzene rings is 1. The van der Waals surface area contributed by atoms with Gasteiger partial charge >= 0.3 is 0 Å². The van der Waals surface area contributed by atoms with Crippen molar-refractivity contribution in [3.63, 3.8) is 0 Å². The van der Waals surface area contributed by atoms with E-state index in [0.29, 0.717) is 23.9 Å². The van der Waals surface area contributed by atoms with Gasteiger partial charge in [0.15, 0.2) is 11.5 Å². The molecule has 1 aromatic carbocycles. The van der Waals surface area contributed by atoms with E-state index in [1.807, 2.05) is 31.2 Å². The first-order valence-corrected chi connectivity index (χ1v) is 6.74. The van der Waals surface area contributed by atoms with Gasteiger partial charge in [0.2, 0.25) is 0 Å². The molecule has 0 radical (unpaired) electrons. The molecule has 2 rings (SSSR count). The molecule has 7 heteroatoms. The number of nitrogens with zero attached hydrogens (tertiary/aromatic N) is 2. The van der Waals surface area contributed by atoms with Crippen molar-refractivity contribution in [2.75, 3.05) is 19.0 Å². The van der Waals surface area contributed by atoms with Crippen molar-refractivity contribution in [3.05, 3.63) is 52.7 Å². The molecule has 116 valence electrons. The summed E-state index contributed by atoms with van der Waals surface area (Å²) in [5, 5.41) is 13.6. The number of anilines is 1. The van der Waals surface area contributed by atoms with E-state index in [0.717, 1.165) is 0 Å². The van der Waals surface area contributed by atoms with E-state index >= 15 is 0 Å². The molecule has 0 spiro atoms. The maximum Gasteiger partial charge on any atom is 0.287 e. The molecule has 1 atom stereocenters. The maximum absolute atomic E-state index is 10.6. The lowest BCUT2D eigenvalue weighted by Crippen LogP contribution is -2.23. The zero-order valence-electron chi connectivity index (χ0n) is 12.4. The lowest BCUT2D eigenvalue weighted by Gasteiger charge is -2.17. The molecule has 0 amide bonds. The van der Waals surface area contributed by atoms with Gasteiger partial charge in [-0.15, -0.1) is 0 Å². The fraction of sp³-hybridized carbons (Fsp3) is 0.267. The zero-order valence-corrected chi connectivity index (χ0v) is 12.4. The second-order valence-corrected chi connectivity index (χ2v) is 4.62. The normalized spacial score (nSPS) is 11.5. The maximum atomic E-state index is 10.6. The van der Waals surface area contributed by atoms with Crippen LogP contribution in [0.2, 0.25) is 0 Å². The number of hydrogen-bond acceptors (Lipinski definition) is 6. The monoisotopic (exact) mass is 303 g/mol. The van der Waals surface area contributed by atoms with Crippen LogP contribution in [0.25, 0.3) is 0 Å². The van der Waals surface area contributed by atoms with Crippen LogP contribution in [0.5, 0.6) is 11.5 Å². The Morgan fingerprint density at radius 3 is 2.59 bits per heavy atom. The van der Waals surface area contributed by atoms with Gasteiger partial charge in [0.1, 0.15) is 18.1 Å². The van der Waals surface area contributed by atoms with E-state index in [2.05, 4.69) is 10.3 Å². The lowest BCUT2D eigenvalue weighted by molar-refractivity contribution is -0.385. The van der Waals surface area contributed by atoms with E-state index in [1.165, 1.54) is 12.3 Å². The minimum absolute atomic E-state index is 0.0381. The Morgan fingerprint density at radius 1 is 1.27 bits per heavy atom. The van der Waals surface area contributed by atoms with Crippen LogP contribution in [-0.2, 0) is 0 Å². The molecule has 0 bridgehead atoms. The summed E-state index contributed by atoms with van der Waals surface area (Å²) in [5.41, 5.74) is -0.0381. The summed E-state index contributed by atoms with van der Waals surface area (Å²) in [7, 11) is 1.59. The molecular formula is C15H17N3O4. The third kappa shape index (κ3) is 4.08. The Hall–Kier alpha value is -2.83. The number of nitro groups is 1.